The quantitative estimate of drug-likeness (QED) is 0.655. The molecule has 1 saturated heterocycles. The number of piperazine rings is 1. The van der Waals surface area contributed by atoms with Crippen LogP contribution in [0.15, 0.2) is 77.8 Å². The highest BCUT2D eigenvalue weighted by Gasteiger charge is 2.19. The van der Waals surface area contributed by atoms with E-state index in [4.69, 9.17) is 0 Å². The normalized spacial score (nSPS) is 15.2. The van der Waals surface area contributed by atoms with E-state index in [1.165, 1.54) is 23.9 Å². The molecule has 30 heavy (non-hydrogen) atoms. The van der Waals surface area contributed by atoms with Gasteiger partial charge in [0, 0.05) is 32.7 Å². The highest BCUT2D eigenvalue weighted by Crippen LogP contribution is 2.20. The number of sulfonamides is 1. The van der Waals surface area contributed by atoms with Gasteiger partial charge in [-0.15, -0.1) is 0 Å². The molecule has 1 N–H and O–H groups in total. The number of nitrogens with one attached hydrogen (secondary N) is 1. The van der Waals surface area contributed by atoms with Crippen LogP contribution in [0.1, 0.15) is 5.56 Å². The van der Waals surface area contributed by atoms with Gasteiger partial charge in [-0.2, -0.15) is 0 Å². The standard InChI is InChI=1S/C22H23FN4O2S/c23-19-6-9-21(10-7-19)30(28,29)25-20-8-11-22(24-16-20)27-14-12-26(13-15-27)17-18-4-2-1-3-5-18/h1-11,16,25H,12-15,17H2. The Morgan fingerprint density at radius 3 is 2.23 bits per heavy atom. The molecule has 0 saturated carbocycles. The molecular weight excluding hydrogens is 403 g/mol. The molecule has 8 heteroatoms. The van der Waals surface area contributed by atoms with E-state index in [1.54, 1.807) is 6.07 Å². The predicted molar refractivity (Wildman–Crippen MR) is 115 cm³/mol. The summed E-state index contributed by atoms with van der Waals surface area (Å²) in [6, 6.07) is 18.6. The first-order valence-corrected chi connectivity index (χ1v) is 11.2. The van der Waals surface area contributed by atoms with E-state index >= 15 is 0 Å². The lowest BCUT2D eigenvalue weighted by atomic mass is 10.2. The smallest absolute Gasteiger partial charge is 0.261 e. The third-order valence-electron chi connectivity index (χ3n) is 5.07. The van der Waals surface area contributed by atoms with Crippen LogP contribution in [-0.2, 0) is 16.6 Å². The average molecular weight is 427 g/mol. The lowest BCUT2D eigenvalue weighted by Crippen LogP contribution is -2.46. The van der Waals surface area contributed by atoms with E-state index in [2.05, 4.69) is 43.8 Å². The number of benzene rings is 2. The molecular formula is C22H23FN4O2S. The van der Waals surface area contributed by atoms with Gasteiger partial charge in [-0.1, -0.05) is 30.3 Å². The average Bonchev–Trinajstić information content (AvgIpc) is 2.76. The van der Waals surface area contributed by atoms with E-state index in [1.807, 2.05) is 12.1 Å². The molecule has 1 aromatic heterocycles. The minimum absolute atomic E-state index is 0.00233. The van der Waals surface area contributed by atoms with Crippen molar-refractivity contribution in [3.05, 3.63) is 84.3 Å². The number of halogens is 1. The lowest BCUT2D eigenvalue weighted by Gasteiger charge is -2.35. The van der Waals surface area contributed by atoms with Crippen molar-refractivity contribution in [3.8, 4) is 0 Å². The summed E-state index contributed by atoms with van der Waals surface area (Å²) in [4.78, 5) is 9.03. The van der Waals surface area contributed by atoms with Crippen molar-refractivity contribution in [1.82, 2.24) is 9.88 Å². The zero-order chi connectivity index (χ0) is 21.0. The maximum atomic E-state index is 13.0. The van der Waals surface area contributed by atoms with Crippen molar-refractivity contribution in [2.75, 3.05) is 35.8 Å². The van der Waals surface area contributed by atoms with Gasteiger partial charge in [-0.05, 0) is 42.0 Å². The van der Waals surface area contributed by atoms with Gasteiger partial charge in [-0.25, -0.2) is 17.8 Å². The van der Waals surface area contributed by atoms with Crippen molar-refractivity contribution in [1.29, 1.82) is 0 Å². The molecule has 6 nitrogen and oxygen atoms in total. The fourth-order valence-corrected chi connectivity index (χ4v) is 4.48. The minimum atomic E-state index is -3.78. The van der Waals surface area contributed by atoms with Crippen LogP contribution < -0.4 is 9.62 Å². The zero-order valence-electron chi connectivity index (χ0n) is 16.4. The number of rotatable bonds is 6. The van der Waals surface area contributed by atoms with E-state index in [9.17, 15) is 12.8 Å². The van der Waals surface area contributed by atoms with Gasteiger partial charge in [0.2, 0.25) is 0 Å². The van der Waals surface area contributed by atoms with Gasteiger partial charge in [0.25, 0.3) is 10.0 Å². The third-order valence-corrected chi connectivity index (χ3v) is 6.47. The summed E-state index contributed by atoms with van der Waals surface area (Å²) in [6.07, 6.45) is 1.51. The Bertz CT molecular complexity index is 1070. The van der Waals surface area contributed by atoms with Gasteiger partial charge in [0.05, 0.1) is 16.8 Å². The van der Waals surface area contributed by atoms with Crippen molar-refractivity contribution in [2.24, 2.45) is 0 Å². The van der Waals surface area contributed by atoms with Crippen LogP contribution in [-0.4, -0.2) is 44.5 Å². The summed E-state index contributed by atoms with van der Waals surface area (Å²) in [5.74, 6) is 0.336. The molecule has 1 fully saturated rings. The summed E-state index contributed by atoms with van der Waals surface area (Å²) in [5.41, 5.74) is 1.67. The number of pyridine rings is 1. The van der Waals surface area contributed by atoms with Gasteiger partial charge < -0.3 is 4.90 Å². The summed E-state index contributed by atoms with van der Waals surface area (Å²) >= 11 is 0. The second-order valence-corrected chi connectivity index (χ2v) is 8.90. The molecule has 2 heterocycles. The van der Waals surface area contributed by atoms with E-state index in [0.717, 1.165) is 50.7 Å². The molecule has 4 rings (SSSR count). The summed E-state index contributed by atoms with van der Waals surface area (Å²) in [7, 11) is -3.78. The van der Waals surface area contributed by atoms with Gasteiger partial charge >= 0.3 is 0 Å². The molecule has 0 atom stereocenters. The summed E-state index contributed by atoms with van der Waals surface area (Å²) < 4.78 is 40.3. The van der Waals surface area contributed by atoms with Gasteiger partial charge in [-0.3, -0.25) is 9.62 Å². The monoisotopic (exact) mass is 426 g/mol. The SMILES string of the molecule is O=S(=O)(Nc1ccc(N2CCN(Cc3ccccc3)CC2)nc1)c1ccc(F)cc1. The first-order valence-electron chi connectivity index (χ1n) is 9.75. The van der Waals surface area contributed by atoms with Crippen LogP contribution in [0.3, 0.4) is 0 Å². The van der Waals surface area contributed by atoms with Crippen molar-refractivity contribution in [3.63, 3.8) is 0 Å². The Hall–Kier alpha value is -2.97. The molecule has 0 amide bonds. The lowest BCUT2D eigenvalue weighted by molar-refractivity contribution is 0.249. The van der Waals surface area contributed by atoms with E-state index < -0.39 is 15.8 Å². The van der Waals surface area contributed by atoms with Crippen molar-refractivity contribution in [2.45, 2.75) is 11.4 Å². The molecule has 1 aliphatic rings. The second kappa shape index (κ2) is 8.81. The van der Waals surface area contributed by atoms with Gasteiger partial charge in [0.15, 0.2) is 0 Å². The summed E-state index contributed by atoms with van der Waals surface area (Å²) in [6.45, 7) is 4.54. The van der Waals surface area contributed by atoms with E-state index in [0.29, 0.717) is 5.69 Å². The Balaban J connectivity index is 1.34. The van der Waals surface area contributed by atoms with Crippen LogP contribution in [0, 0.1) is 5.82 Å². The highest BCUT2D eigenvalue weighted by molar-refractivity contribution is 7.92. The van der Waals surface area contributed by atoms with Crippen LogP contribution in [0.25, 0.3) is 0 Å². The molecule has 3 aromatic rings. The molecule has 0 aliphatic carbocycles. The van der Waals surface area contributed by atoms with Crippen LogP contribution in [0.2, 0.25) is 0 Å². The molecule has 0 spiro atoms. The third kappa shape index (κ3) is 4.95. The number of aromatic nitrogens is 1. The number of hydrogen-bond donors (Lipinski definition) is 1. The Morgan fingerprint density at radius 1 is 0.900 bits per heavy atom. The zero-order valence-corrected chi connectivity index (χ0v) is 17.2. The predicted octanol–water partition coefficient (Wildman–Crippen LogP) is 3.34. The van der Waals surface area contributed by atoms with Crippen LogP contribution in [0.4, 0.5) is 15.9 Å². The molecule has 0 radical (unpaired) electrons. The molecule has 0 bridgehead atoms. The fraction of sp³-hybridized carbons (Fsp3) is 0.227. The second-order valence-electron chi connectivity index (χ2n) is 7.21. The Kier molecular flexibility index (Phi) is 5.96. The van der Waals surface area contributed by atoms with Gasteiger partial charge in [0.1, 0.15) is 11.6 Å². The first-order chi connectivity index (χ1) is 14.5. The fourth-order valence-electron chi connectivity index (χ4n) is 3.44. The highest BCUT2D eigenvalue weighted by atomic mass is 32.2. The molecule has 2 aromatic carbocycles. The molecule has 156 valence electrons. The number of hydrogen-bond acceptors (Lipinski definition) is 5. The van der Waals surface area contributed by atoms with Crippen molar-refractivity contribution < 1.29 is 12.8 Å². The largest absolute Gasteiger partial charge is 0.354 e. The Labute approximate surface area is 176 Å². The molecule has 0 unspecified atom stereocenters. The Morgan fingerprint density at radius 2 is 1.60 bits per heavy atom. The maximum absolute atomic E-state index is 13.0. The topological polar surface area (TPSA) is 65.5 Å². The summed E-state index contributed by atoms with van der Waals surface area (Å²) in [5, 5.41) is 0. The van der Waals surface area contributed by atoms with E-state index in [-0.39, 0.29) is 4.90 Å². The minimum Gasteiger partial charge on any atom is -0.354 e. The maximum Gasteiger partial charge on any atom is 0.261 e. The van der Waals surface area contributed by atoms with Crippen LogP contribution >= 0.6 is 0 Å². The number of anilines is 2. The van der Waals surface area contributed by atoms with Crippen LogP contribution in [0.5, 0.6) is 0 Å². The number of nitrogens with zero attached hydrogens (tertiary/aromatic N) is 3. The van der Waals surface area contributed by atoms with Crippen molar-refractivity contribution >= 4 is 21.5 Å². The first kappa shape index (κ1) is 20.3. The molecule has 1 aliphatic heterocycles.